The number of Topliss-reactive ketones (excluding diaryl/α,β-unsaturated/α-hetero) is 1. The highest BCUT2D eigenvalue weighted by Gasteiger charge is 2.27. The van der Waals surface area contributed by atoms with Crippen LogP contribution in [-0.4, -0.2) is 10.8 Å². The maximum Gasteiger partial charge on any atom is 0.165 e. The van der Waals surface area contributed by atoms with Gasteiger partial charge in [-0.3, -0.25) is 9.78 Å². The molecule has 0 spiro atoms. The Bertz CT molecular complexity index is 871. The van der Waals surface area contributed by atoms with Crippen LogP contribution in [0.25, 0.3) is 0 Å². The molecule has 0 radical (unpaired) electrons. The summed E-state index contributed by atoms with van der Waals surface area (Å²) in [5, 5.41) is 0. The highest BCUT2D eigenvalue weighted by atomic mass is 16.1. The van der Waals surface area contributed by atoms with E-state index in [2.05, 4.69) is 36.4 Å². The SMILES string of the molecule is O=C1CC(c2ccccc2)Cc2nc(CCc3ccccc3)ccc21. The van der Waals surface area contributed by atoms with Gasteiger partial charge in [0.05, 0.1) is 5.69 Å². The second-order valence-electron chi connectivity index (χ2n) is 6.72. The molecule has 4 rings (SSSR count). The fourth-order valence-corrected chi connectivity index (χ4v) is 3.61. The van der Waals surface area contributed by atoms with Crippen molar-refractivity contribution in [2.45, 2.75) is 31.6 Å². The van der Waals surface area contributed by atoms with Crippen LogP contribution in [0.15, 0.2) is 72.8 Å². The molecule has 0 saturated carbocycles. The van der Waals surface area contributed by atoms with Crippen molar-refractivity contribution in [3.05, 3.63) is 101 Å². The first-order valence-electron chi connectivity index (χ1n) is 8.90. The Morgan fingerprint density at radius 3 is 2.28 bits per heavy atom. The van der Waals surface area contributed by atoms with Crippen molar-refractivity contribution in [3.63, 3.8) is 0 Å². The third-order valence-corrected chi connectivity index (χ3v) is 4.99. The molecule has 0 saturated heterocycles. The maximum atomic E-state index is 12.5. The van der Waals surface area contributed by atoms with Gasteiger partial charge in [-0.05, 0) is 48.4 Å². The molecule has 0 bridgehead atoms. The van der Waals surface area contributed by atoms with Gasteiger partial charge in [-0.2, -0.15) is 0 Å². The van der Waals surface area contributed by atoms with Crippen LogP contribution in [-0.2, 0) is 19.3 Å². The molecule has 25 heavy (non-hydrogen) atoms. The molecule has 2 aromatic carbocycles. The van der Waals surface area contributed by atoms with E-state index >= 15 is 0 Å². The molecular formula is C23H21NO. The minimum atomic E-state index is 0.220. The number of fused-ring (bicyclic) bond motifs is 1. The molecule has 0 amide bonds. The fraction of sp³-hybridized carbons (Fsp3) is 0.217. The van der Waals surface area contributed by atoms with Gasteiger partial charge < -0.3 is 0 Å². The van der Waals surface area contributed by atoms with Crippen molar-refractivity contribution in [1.82, 2.24) is 4.98 Å². The Labute approximate surface area is 148 Å². The minimum Gasteiger partial charge on any atom is -0.294 e. The lowest BCUT2D eigenvalue weighted by molar-refractivity contribution is 0.0963. The van der Waals surface area contributed by atoms with Gasteiger partial charge in [0.1, 0.15) is 0 Å². The lowest BCUT2D eigenvalue weighted by Gasteiger charge is -2.23. The molecule has 0 aliphatic heterocycles. The third kappa shape index (κ3) is 3.53. The van der Waals surface area contributed by atoms with Crippen LogP contribution in [0.3, 0.4) is 0 Å². The van der Waals surface area contributed by atoms with Crippen LogP contribution in [0, 0.1) is 0 Å². The quantitative estimate of drug-likeness (QED) is 0.690. The Balaban J connectivity index is 1.54. The molecule has 0 N–H and O–H groups in total. The Morgan fingerprint density at radius 1 is 0.800 bits per heavy atom. The number of nitrogens with zero attached hydrogens (tertiary/aromatic N) is 1. The van der Waals surface area contributed by atoms with Crippen molar-refractivity contribution < 1.29 is 4.79 Å². The molecule has 1 aliphatic rings. The number of carbonyl (C=O) groups is 1. The van der Waals surface area contributed by atoms with Crippen molar-refractivity contribution in [2.75, 3.05) is 0 Å². The lowest BCUT2D eigenvalue weighted by atomic mass is 9.81. The molecule has 124 valence electrons. The zero-order chi connectivity index (χ0) is 17.1. The van der Waals surface area contributed by atoms with Crippen LogP contribution < -0.4 is 0 Å². The second-order valence-corrected chi connectivity index (χ2v) is 6.72. The summed E-state index contributed by atoms with van der Waals surface area (Å²) in [5.41, 5.74) is 5.41. The molecule has 3 aromatic rings. The van der Waals surface area contributed by atoms with Crippen LogP contribution >= 0.6 is 0 Å². The summed E-state index contributed by atoms with van der Waals surface area (Å²) in [7, 11) is 0. The van der Waals surface area contributed by atoms with Gasteiger partial charge in [-0.1, -0.05) is 60.7 Å². The summed E-state index contributed by atoms with van der Waals surface area (Å²) in [5.74, 6) is 0.468. The normalized spacial score (nSPS) is 16.5. The van der Waals surface area contributed by atoms with Gasteiger partial charge in [-0.25, -0.2) is 0 Å². The Kier molecular flexibility index (Phi) is 4.43. The number of carbonyl (C=O) groups excluding carboxylic acids is 1. The predicted octanol–water partition coefficient (Wildman–Crippen LogP) is 4.78. The maximum absolute atomic E-state index is 12.5. The summed E-state index contributed by atoms with van der Waals surface area (Å²) >= 11 is 0. The number of ketones is 1. The number of hydrogen-bond acceptors (Lipinski definition) is 2. The smallest absolute Gasteiger partial charge is 0.165 e. The highest BCUT2D eigenvalue weighted by molar-refractivity contribution is 5.98. The topological polar surface area (TPSA) is 30.0 Å². The van der Waals surface area contributed by atoms with Gasteiger partial charge >= 0.3 is 0 Å². The molecule has 2 nitrogen and oxygen atoms in total. The molecular weight excluding hydrogens is 306 g/mol. The van der Waals surface area contributed by atoms with Crippen LogP contribution in [0.5, 0.6) is 0 Å². The van der Waals surface area contributed by atoms with Gasteiger partial charge in [-0.15, -0.1) is 0 Å². The van der Waals surface area contributed by atoms with E-state index in [1.807, 2.05) is 36.4 Å². The molecule has 1 heterocycles. The number of aryl methyl sites for hydroxylation is 2. The van der Waals surface area contributed by atoms with E-state index in [1.165, 1.54) is 11.1 Å². The molecule has 0 fully saturated rings. The zero-order valence-corrected chi connectivity index (χ0v) is 14.2. The van der Waals surface area contributed by atoms with Crippen molar-refractivity contribution in [1.29, 1.82) is 0 Å². The van der Waals surface area contributed by atoms with Gasteiger partial charge in [0.25, 0.3) is 0 Å². The number of benzene rings is 2. The molecule has 1 aliphatic carbocycles. The molecule has 1 unspecified atom stereocenters. The Morgan fingerprint density at radius 2 is 1.52 bits per heavy atom. The zero-order valence-electron chi connectivity index (χ0n) is 14.2. The number of pyridine rings is 1. The molecule has 1 atom stereocenters. The van der Waals surface area contributed by atoms with Gasteiger partial charge in [0, 0.05) is 17.7 Å². The summed E-state index contributed by atoms with van der Waals surface area (Å²) < 4.78 is 0. The summed E-state index contributed by atoms with van der Waals surface area (Å²) in [6, 6.07) is 24.8. The number of hydrogen-bond donors (Lipinski definition) is 0. The van der Waals surface area contributed by atoms with E-state index in [-0.39, 0.29) is 11.7 Å². The van der Waals surface area contributed by atoms with E-state index in [0.717, 1.165) is 36.2 Å². The van der Waals surface area contributed by atoms with E-state index < -0.39 is 0 Å². The molecule has 2 heteroatoms. The average Bonchev–Trinajstić information content (AvgIpc) is 2.67. The lowest BCUT2D eigenvalue weighted by Crippen LogP contribution is -2.20. The van der Waals surface area contributed by atoms with Crippen molar-refractivity contribution in [3.8, 4) is 0 Å². The van der Waals surface area contributed by atoms with E-state index in [1.54, 1.807) is 0 Å². The van der Waals surface area contributed by atoms with Gasteiger partial charge in [0.2, 0.25) is 0 Å². The highest BCUT2D eigenvalue weighted by Crippen LogP contribution is 2.31. The summed E-state index contributed by atoms with van der Waals surface area (Å²) in [4.78, 5) is 17.4. The van der Waals surface area contributed by atoms with E-state index in [9.17, 15) is 4.79 Å². The van der Waals surface area contributed by atoms with Crippen LogP contribution in [0.2, 0.25) is 0 Å². The second kappa shape index (κ2) is 7.02. The van der Waals surface area contributed by atoms with E-state index in [0.29, 0.717) is 6.42 Å². The van der Waals surface area contributed by atoms with E-state index in [4.69, 9.17) is 4.98 Å². The number of rotatable bonds is 4. The van der Waals surface area contributed by atoms with Crippen molar-refractivity contribution in [2.24, 2.45) is 0 Å². The first-order chi connectivity index (χ1) is 12.3. The largest absolute Gasteiger partial charge is 0.294 e. The Hall–Kier alpha value is -2.74. The fourth-order valence-electron chi connectivity index (χ4n) is 3.61. The first kappa shape index (κ1) is 15.8. The number of aromatic nitrogens is 1. The predicted molar refractivity (Wildman–Crippen MR) is 99.9 cm³/mol. The summed E-state index contributed by atoms with van der Waals surface area (Å²) in [6.45, 7) is 0. The van der Waals surface area contributed by atoms with Crippen molar-refractivity contribution >= 4 is 5.78 Å². The average molecular weight is 327 g/mol. The summed E-state index contributed by atoms with van der Waals surface area (Å²) in [6.07, 6.45) is 3.32. The van der Waals surface area contributed by atoms with Gasteiger partial charge in [0.15, 0.2) is 5.78 Å². The van der Waals surface area contributed by atoms with Crippen LogP contribution in [0.1, 0.15) is 45.2 Å². The molecule has 1 aromatic heterocycles. The monoisotopic (exact) mass is 327 g/mol. The van der Waals surface area contributed by atoms with Crippen LogP contribution in [0.4, 0.5) is 0 Å². The standard InChI is InChI=1S/C23H21NO/c25-23-16-19(18-9-5-2-6-10-18)15-22-21(23)14-13-20(24-22)12-11-17-7-3-1-4-8-17/h1-10,13-14,19H,11-12,15-16H2. The third-order valence-electron chi connectivity index (χ3n) is 4.99. The minimum absolute atomic E-state index is 0.220. The first-order valence-corrected chi connectivity index (χ1v) is 8.90.